The number of pyridine rings is 1. The predicted octanol–water partition coefficient (Wildman–Crippen LogP) is 2.49. The second kappa shape index (κ2) is 6.35. The second-order valence-electron chi connectivity index (χ2n) is 5.17. The van der Waals surface area contributed by atoms with Crippen molar-refractivity contribution < 1.29 is 14.5 Å². The lowest BCUT2D eigenvalue weighted by atomic mass is 10.1. The van der Waals surface area contributed by atoms with Crippen LogP contribution in [0.5, 0.6) is 0 Å². The molecule has 1 aromatic carbocycles. The number of carbonyl (C=O) groups excluding carboxylic acids is 2. The third-order valence-corrected chi connectivity index (χ3v) is 3.52. The maximum atomic E-state index is 12.2. The van der Waals surface area contributed by atoms with Gasteiger partial charge in [-0.25, -0.2) is 0 Å². The molecule has 1 N–H and O–H groups in total. The SMILES string of the molecule is Cc1ccc(C(=O)NC(=O)c2cc([N+](=O)[O-])cnc2C)cc1C. The molecule has 0 aliphatic carbocycles. The average molecular weight is 313 g/mol. The van der Waals surface area contributed by atoms with E-state index in [9.17, 15) is 19.7 Å². The number of rotatable bonds is 3. The van der Waals surface area contributed by atoms with Crippen molar-refractivity contribution >= 4 is 17.5 Å². The standard InChI is InChI=1S/C16H15N3O4/c1-9-4-5-12(6-10(9)2)15(20)18-16(21)14-7-13(19(22)23)8-17-11(14)3/h4-8H,1-3H3,(H,18,20,21). The van der Waals surface area contributed by atoms with Crippen LogP contribution in [0.4, 0.5) is 5.69 Å². The van der Waals surface area contributed by atoms with Crippen molar-refractivity contribution in [1.82, 2.24) is 10.3 Å². The van der Waals surface area contributed by atoms with Gasteiger partial charge in [-0.2, -0.15) is 0 Å². The van der Waals surface area contributed by atoms with Crippen LogP contribution in [0, 0.1) is 30.9 Å². The van der Waals surface area contributed by atoms with E-state index < -0.39 is 16.7 Å². The van der Waals surface area contributed by atoms with Crippen LogP contribution in [0.2, 0.25) is 0 Å². The van der Waals surface area contributed by atoms with Gasteiger partial charge in [0.15, 0.2) is 0 Å². The van der Waals surface area contributed by atoms with E-state index in [-0.39, 0.29) is 11.3 Å². The second-order valence-corrected chi connectivity index (χ2v) is 5.17. The van der Waals surface area contributed by atoms with Crippen LogP contribution in [0.15, 0.2) is 30.5 Å². The van der Waals surface area contributed by atoms with Crippen LogP contribution in [0.3, 0.4) is 0 Å². The molecule has 7 heteroatoms. The van der Waals surface area contributed by atoms with Crippen LogP contribution in [-0.4, -0.2) is 21.7 Å². The molecular formula is C16H15N3O4. The lowest BCUT2D eigenvalue weighted by Gasteiger charge is -2.07. The number of amides is 2. The number of aryl methyl sites for hydroxylation is 3. The summed E-state index contributed by atoms with van der Waals surface area (Å²) in [5.74, 6) is -1.29. The number of nitrogens with one attached hydrogen (secondary N) is 1. The van der Waals surface area contributed by atoms with Crippen molar-refractivity contribution in [2.24, 2.45) is 0 Å². The molecule has 0 bridgehead atoms. The minimum atomic E-state index is -0.720. The Morgan fingerprint density at radius 2 is 1.78 bits per heavy atom. The Morgan fingerprint density at radius 1 is 1.09 bits per heavy atom. The normalized spacial score (nSPS) is 10.2. The van der Waals surface area contributed by atoms with Gasteiger partial charge in [-0.1, -0.05) is 6.07 Å². The van der Waals surface area contributed by atoms with E-state index in [0.29, 0.717) is 11.3 Å². The van der Waals surface area contributed by atoms with Crippen LogP contribution in [-0.2, 0) is 0 Å². The highest BCUT2D eigenvalue weighted by atomic mass is 16.6. The number of hydrogen-bond acceptors (Lipinski definition) is 5. The molecule has 2 rings (SSSR count). The molecular weight excluding hydrogens is 298 g/mol. The highest BCUT2D eigenvalue weighted by molar-refractivity contribution is 6.10. The molecule has 0 unspecified atom stereocenters. The number of benzene rings is 1. The number of nitro groups is 1. The average Bonchev–Trinajstić information content (AvgIpc) is 2.49. The highest BCUT2D eigenvalue weighted by Gasteiger charge is 2.18. The van der Waals surface area contributed by atoms with E-state index in [1.54, 1.807) is 25.1 Å². The predicted molar refractivity (Wildman–Crippen MR) is 83.3 cm³/mol. The Balaban J connectivity index is 2.24. The lowest BCUT2D eigenvalue weighted by Crippen LogP contribution is -2.31. The third kappa shape index (κ3) is 3.57. The Labute approximate surface area is 132 Å². The molecule has 0 atom stereocenters. The van der Waals surface area contributed by atoms with Gasteiger partial charge in [-0.15, -0.1) is 0 Å². The third-order valence-electron chi connectivity index (χ3n) is 3.52. The van der Waals surface area contributed by atoms with Crippen molar-refractivity contribution in [3.63, 3.8) is 0 Å². The molecule has 0 fully saturated rings. The molecule has 2 aromatic rings. The summed E-state index contributed by atoms with van der Waals surface area (Å²) in [6.07, 6.45) is 1.07. The van der Waals surface area contributed by atoms with Crippen molar-refractivity contribution in [3.05, 3.63) is 68.5 Å². The largest absolute Gasteiger partial charge is 0.288 e. The highest BCUT2D eigenvalue weighted by Crippen LogP contribution is 2.15. The first-order chi connectivity index (χ1) is 10.8. The number of aromatic nitrogens is 1. The topological polar surface area (TPSA) is 102 Å². The van der Waals surface area contributed by atoms with Crippen LogP contribution in [0.25, 0.3) is 0 Å². The van der Waals surface area contributed by atoms with Gasteiger partial charge in [0.25, 0.3) is 17.5 Å². The van der Waals surface area contributed by atoms with Crippen molar-refractivity contribution in [1.29, 1.82) is 0 Å². The fraction of sp³-hybridized carbons (Fsp3) is 0.188. The van der Waals surface area contributed by atoms with Gasteiger partial charge in [-0.05, 0) is 44.0 Å². The van der Waals surface area contributed by atoms with Gasteiger partial charge in [-0.3, -0.25) is 30.0 Å². The monoisotopic (exact) mass is 313 g/mol. The smallest absolute Gasteiger partial charge is 0.288 e. The van der Waals surface area contributed by atoms with Crippen LogP contribution >= 0.6 is 0 Å². The van der Waals surface area contributed by atoms with E-state index in [1.807, 2.05) is 13.8 Å². The Bertz CT molecular complexity index is 815. The van der Waals surface area contributed by atoms with E-state index in [0.717, 1.165) is 23.4 Å². The summed E-state index contributed by atoms with van der Waals surface area (Å²) >= 11 is 0. The zero-order chi connectivity index (χ0) is 17.1. The van der Waals surface area contributed by atoms with E-state index in [1.165, 1.54) is 0 Å². The summed E-state index contributed by atoms with van der Waals surface area (Å²) in [5, 5.41) is 13.0. The molecule has 1 aromatic heterocycles. The maximum absolute atomic E-state index is 12.2. The minimum absolute atomic E-state index is 0.00335. The van der Waals surface area contributed by atoms with Gasteiger partial charge in [0.1, 0.15) is 6.20 Å². The molecule has 0 radical (unpaired) electrons. The maximum Gasteiger partial charge on any atom is 0.288 e. The summed E-state index contributed by atoms with van der Waals surface area (Å²) in [5.41, 5.74) is 2.30. The summed E-state index contributed by atoms with van der Waals surface area (Å²) in [6, 6.07) is 6.18. The fourth-order valence-electron chi connectivity index (χ4n) is 1.98. The van der Waals surface area contributed by atoms with Gasteiger partial charge in [0.05, 0.1) is 16.2 Å². The van der Waals surface area contributed by atoms with Gasteiger partial charge in [0, 0.05) is 11.6 Å². The van der Waals surface area contributed by atoms with Crippen molar-refractivity contribution in [2.45, 2.75) is 20.8 Å². The summed E-state index contributed by atoms with van der Waals surface area (Å²) < 4.78 is 0. The van der Waals surface area contributed by atoms with E-state index in [2.05, 4.69) is 10.3 Å². The zero-order valence-corrected chi connectivity index (χ0v) is 12.9. The molecule has 23 heavy (non-hydrogen) atoms. The number of carbonyl (C=O) groups is 2. The summed E-state index contributed by atoms with van der Waals surface area (Å²) in [6.45, 7) is 5.32. The first-order valence-electron chi connectivity index (χ1n) is 6.83. The molecule has 2 amide bonds. The Morgan fingerprint density at radius 3 is 2.39 bits per heavy atom. The van der Waals surface area contributed by atoms with E-state index in [4.69, 9.17) is 0 Å². The van der Waals surface area contributed by atoms with Gasteiger partial charge < -0.3 is 0 Å². The molecule has 0 aliphatic rings. The Hall–Kier alpha value is -3.09. The summed E-state index contributed by atoms with van der Waals surface area (Å²) in [7, 11) is 0. The zero-order valence-electron chi connectivity index (χ0n) is 12.9. The fourth-order valence-corrected chi connectivity index (χ4v) is 1.98. The van der Waals surface area contributed by atoms with Crippen molar-refractivity contribution in [3.8, 4) is 0 Å². The van der Waals surface area contributed by atoms with Crippen molar-refractivity contribution in [2.75, 3.05) is 0 Å². The molecule has 0 saturated carbocycles. The number of hydrogen-bond donors (Lipinski definition) is 1. The molecule has 0 spiro atoms. The number of imide groups is 1. The molecule has 0 aliphatic heterocycles. The van der Waals surface area contributed by atoms with Crippen LogP contribution < -0.4 is 5.32 Å². The quantitative estimate of drug-likeness (QED) is 0.533. The number of nitrogens with zero attached hydrogens (tertiary/aromatic N) is 2. The van der Waals surface area contributed by atoms with Crippen LogP contribution in [0.1, 0.15) is 37.5 Å². The van der Waals surface area contributed by atoms with Gasteiger partial charge >= 0.3 is 0 Å². The minimum Gasteiger partial charge on any atom is -0.288 e. The summed E-state index contributed by atoms with van der Waals surface area (Å²) in [4.78, 5) is 38.3. The van der Waals surface area contributed by atoms with E-state index >= 15 is 0 Å². The molecule has 7 nitrogen and oxygen atoms in total. The molecule has 118 valence electrons. The lowest BCUT2D eigenvalue weighted by molar-refractivity contribution is -0.385. The Kier molecular flexibility index (Phi) is 4.49. The first-order valence-corrected chi connectivity index (χ1v) is 6.83. The van der Waals surface area contributed by atoms with Gasteiger partial charge in [0.2, 0.25) is 0 Å². The molecule has 0 saturated heterocycles. The molecule has 1 heterocycles. The first kappa shape index (κ1) is 16.3.